The van der Waals surface area contributed by atoms with Crippen molar-refractivity contribution in [1.29, 1.82) is 0 Å². The molecule has 1 N–H and O–H groups in total. The van der Waals surface area contributed by atoms with E-state index in [2.05, 4.69) is 15.4 Å². The van der Waals surface area contributed by atoms with E-state index >= 15 is 0 Å². The van der Waals surface area contributed by atoms with Crippen LogP contribution in [0, 0.1) is 13.8 Å². The van der Waals surface area contributed by atoms with Crippen molar-refractivity contribution in [1.82, 2.24) is 20.1 Å². The van der Waals surface area contributed by atoms with E-state index in [9.17, 15) is 4.79 Å². The number of carbonyl (C=O) groups is 1. The first kappa shape index (κ1) is 15.5. The molecular weight excluding hydrogens is 288 g/mol. The number of halogens is 1. The lowest BCUT2D eigenvalue weighted by Crippen LogP contribution is -2.30. The molecule has 6 heteroatoms. The summed E-state index contributed by atoms with van der Waals surface area (Å²) in [5.41, 5.74) is 2.95. The van der Waals surface area contributed by atoms with E-state index in [-0.39, 0.29) is 11.9 Å². The number of nitrogens with zero attached hydrogens (tertiary/aromatic N) is 3. The molecule has 0 spiro atoms. The van der Waals surface area contributed by atoms with Gasteiger partial charge < -0.3 is 5.32 Å². The molecule has 2 aromatic rings. The number of rotatable bonds is 4. The normalized spacial score (nSPS) is 12.2. The fourth-order valence-electron chi connectivity index (χ4n) is 2.18. The van der Waals surface area contributed by atoms with Gasteiger partial charge in [0.15, 0.2) is 0 Å². The molecule has 1 amide bonds. The largest absolute Gasteiger partial charge is 0.342 e. The first-order chi connectivity index (χ1) is 9.93. The first-order valence-electron chi connectivity index (χ1n) is 6.86. The van der Waals surface area contributed by atoms with Gasteiger partial charge >= 0.3 is 0 Å². The van der Waals surface area contributed by atoms with Gasteiger partial charge in [-0.3, -0.25) is 14.5 Å². The summed E-state index contributed by atoms with van der Waals surface area (Å²) in [6.07, 6.45) is 2.54. The molecule has 2 aromatic heterocycles. The summed E-state index contributed by atoms with van der Waals surface area (Å²) in [6.45, 7) is 5.76. The van der Waals surface area contributed by atoms with Gasteiger partial charge in [0, 0.05) is 13.2 Å². The maximum absolute atomic E-state index is 12.4. The molecule has 0 radical (unpaired) electrons. The molecule has 112 valence electrons. The van der Waals surface area contributed by atoms with Gasteiger partial charge in [-0.2, -0.15) is 5.10 Å². The molecule has 0 fully saturated rings. The van der Waals surface area contributed by atoms with Gasteiger partial charge in [0.25, 0.3) is 5.91 Å². The highest BCUT2D eigenvalue weighted by Crippen LogP contribution is 2.21. The van der Waals surface area contributed by atoms with E-state index in [1.165, 1.54) is 4.68 Å². The van der Waals surface area contributed by atoms with Crippen LogP contribution in [-0.4, -0.2) is 20.7 Å². The van der Waals surface area contributed by atoms with Crippen molar-refractivity contribution in [3.63, 3.8) is 0 Å². The third-order valence-corrected chi connectivity index (χ3v) is 3.82. The Morgan fingerprint density at radius 3 is 2.62 bits per heavy atom. The second-order valence-corrected chi connectivity index (χ2v) is 5.44. The van der Waals surface area contributed by atoms with Gasteiger partial charge in [0.05, 0.1) is 22.5 Å². The van der Waals surface area contributed by atoms with Crippen LogP contribution >= 0.6 is 11.6 Å². The fourth-order valence-corrected chi connectivity index (χ4v) is 2.42. The number of nitrogens with one attached hydrogen (secondary N) is 1. The van der Waals surface area contributed by atoms with Crippen LogP contribution in [0.3, 0.4) is 0 Å². The Kier molecular flexibility index (Phi) is 4.63. The quantitative estimate of drug-likeness (QED) is 0.944. The Bertz CT molecular complexity index is 648. The molecular formula is C15H19ClN4O. The Morgan fingerprint density at radius 1 is 1.43 bits per heavy atom. The monoisotopic (exact) mass is 306 g/mol. The highest BCUT2D eigenvalue weighted by molar-refractivity contribution is 6.34. The maximum atomic E-state index is 12.4. The van der Waals surface area contributed by atoms with E-state index in [0.29, 0.717) is 16.4 Å². The highest BCUT2D eigenvalue weighted by atomic mass is 35.5. The first-order valence-corrected chi connectivity index (χ1v) is 7.24. The summed E-state index contributed by atoms with van der Waals surface area (Å²) in [6, 6.07) is 3.77. The lowest BCUT2D eigenvalue weighted by molar-refractivity contribution is 0.0925. The molecule has 0 bridgehead atoms. The molecule has 0 aliphatic rings. The van der Waals surface area contributed by atoms with Crippen LogP contribution in [0.15, 0.2) is 18.3 Å². The Balaban J connectivity index is 2.22. The van der Waals surface area contributed by atoms with E-state index in [4.69, 9.17) is 11.6 Å². The Labute approximate surface area is 129 Å². The summed E-state index contributed by atoms with van der Waals surface area (Å²) in [5.74, 6) is -0.239. The van der Waals surface area contributed by atoms with Crippen molar-refractivity contribution < 1.29 is 4.79 Å². The third-order valence-electron chi connectivity index (χ3n) is 3.37. The molecule has 1 atom stereocenters. The molecule has 2 rings (SSSR count). The molecule has 0 aliphatic heterocycles. The minimum atomic E-state index is -0.239. The highest BCUT2D eigenvalue weighted by Gasteiger charge is 2.22. The number of hydrogen-bond donors (Lipinski definition) is 1. The molecule has 1 unspecified atom stereocenters. The summed E-state index contributed by atoms with van der Waals surface area (Å²) in [4.78, 5) is 16.8. The summed E-state index contributed by atoms with van der Waals surface area (Å²) < 4.78 is 1.50. The van der Waals surface area contributed by atoms with Crippen LogP contribution in [0.25, 0.3) is 0 Å². The van der Waals surface area contributed by atoms with Crippen LogP contribution in [0.5, 0.6) is 0 Å². The van der Waals surface area contributed by atoms with Crippen LogP contribution in [0.2, 0.25) is 5.02 Å². The topological polar surface area (TPSA) is 59.8 Å². The minimum absolute atomic E-state index is 0.149. The Hall–Kier alpha value is -1.88. The molecule has 2 heterocycles. The SMILES string of the molecule is CCC(NC(=O)c1c(Cl)c(C)nn1C)c1ccc(C)cn1. The van der Waals surface area contributed by atoms with Gasteiger partial charge in [0.1, 0.15) is 5.69 Å². The van der Waals surface area contributed by atoms with Crippen molar-refractivity contribution in [2.24, 2.45) is 7.05 Å². The number of aromatic nitrogens is 3. The second-order valence-electron chi connectivity index (χ2n) is 5.07. The number of hydrogen-bond acceptors (Lipinski definition) is 3. The number of amides is 1. The average Bonchev–Trinajstić information content (AvgIpc) is 2.70. The lowest BCUT2D eigenvalue weighted by Gasteiger charge is -2.16. The summed E-state index contributed by atoms with van der Waals surface area (Å²) >= 11 is 6.14. The number of aryl methyl sites for hydroxylation is 3. The maximum Gasteiger partial charge on any atom is 0.271 e. The van der Waals surface area contributed by atoms with Crippen LogP contribution in [-0.2, 0) is 7.05 Å². The van der Waals surface area contributed by atoms with Crippen molar-refractivity contribution in [2.45, 2.75) is 33.2 Å². The van der Waals surface area contributed by atoms with Crippen molar-refractivity contribution in [3.8, 4) is 0 Å². The number of pyridine rings is 1. The van der Waals surface area contributed by atoms with E-state index in [1.807, 2.05) is 26.0 Å². The standard InChI is InChI=1S/C15H19ClN4O/c1-5-11(12-7-6-9(2)8-17-12)18-15(21)14-13(16)10(3)19-20(14)4/h6-8,11H,5H2,1-4H3,(H,18,21). The van der Waals surface area contributed by atoms with Crippen LogP contribution in [0.1, 0.15) is 46.8 Å². The molecule has 5 nitrogen and oxygen atoms in total. The predicted octanol–water partition coefficient (Wildman–Crippen LogP) is 2.97. The van der Waals surface area contributed by atoms with Gasteiger partial charge in [-0.05, 0) is 31.9 Å². The van der Waals surface area contributed by atoms with Gasteiger partial charge in [0.2, 0.25) is 0 Å². The number of carbonyl (C=O) groups excluding carboxylic acids is 1. The van der Waals surface area contributed by atoms with E-state index in [0.717, 1.165) is 17.7 Å². The smallest absolute Gasteiger partial charge is 0.271 e. The van der Waals surface area contributed by atoms with Crippen LogP contribution < -0.4 is 5.32 Å². The zero-order valence-corrected chi connectivity index (χ0v) is 13.4. The summed E-state index contributed by atoms with van der Waals surface area (Å²) in [7, 11) is 1.71. The molecule has 21 heavy (non-hydrogen) atoms. The molecule has 0 saturated heterocycles. The second kappa shape index (κ2) is 6.26. The van der Waals surface area contributed by atoms with Gasteiger partial charge in [-0.1, -0.05) is 24.6 Å². The molecule has 0 aromatic carbocycles. The van der Waals surface area contributed by atoms with Crippen molar-refractivity contribution in [2.75, 3.05) is 0 Å². The van der Waals surface area contributed by atoms with Gasteiger partial charge in [-0.15, -0.1) is 0 Å². The lowest BCUT2D eigenvalue weighted by atomic mass is 10.1. The third kappa shape index (κ3) is 3.24. The molecule has 0 aliphatic carbocycles. The average molecular weight is 307 g/mol. The zero-order chi connectivity index (χ0) is 15.6. The van der Waals surface area contributed by atoms with Gasteiger partial charge in [-0.25, -0.2) is 0 Å². The Morgan fingerprint density at radius 2 is 2.14 bits per heavy atom. The van der Waals surface area contributed by atoms with Crippen LogP contribution in [0.4, 0.5) is 0 Å². The fraction of sp³-hybridized carbons (Fsp3) is 0.400. The van der Waals surface area contributed by atoms with Crippen molar-refractivity contribution in [3.05, 3.63) is 46.0 Å². The van der Waals surface area contributed by atoms with E-state index in [1.54, 1.807) is 20.2 Å². The minimum Gasteiger partial charge on any atom is -0.342 e. The van der Waals surface area contributed by atoms with Crippen molar-refractivity contribution >= 4 is 17.5 Å². The summed E-state index contributed by atoms with van der Waals surface area (Å²) in [5, 5.41) is 7.51. The zero-order valence-electron chi connectivity index (χ0n) is 12.6. The van der Waals surface area contributed by atoms with E-state index < -0.39 is 0 Å². The predicted molar refractivity (Wildman–Crippen MR) is 82.4 cm³/mol. The molecule has 0 saturated carbocycles.